The summed E-state index contributed by atoms with van der Waals surface area (Å²) in [6, 6.07) is 2.60. The Morgan fingerprint density at radius 3 is 2.83 bits per heavy atom. The largest absolute Gasteiger partial charge is 0.367 e. The molecule has 1 aromatic heterocycles. The molecule has 0 aliphatic heterocycles. The van der Waals surface area contributed by atoms with Gasteiger partial charge in [0.25, 0.3) is 0 Å². The highest BCUT2D eigenvalue weighted by Gasteiger charge is 2.05. The highest BCUT2D eigenvalue weighted by atomic mass is 14.9. The Labute approximate surface area is 73.4 Å². The molecule has 1 atom stereocenters. The number of rotatable bonds is 4. The topological polar surface area (TPSA) is 53.8 Å². The molecular weight excluding hydrogens is 150 g/mol. The van der Waals surface area contributed by atoms with E-state index in [2.05, 4.69) is 24.1 Å². The standard InChI is InChI=1S/C9H17N3/c1-7(2)12-6-9(10)8-3-4-11-5-8/h3-5,7,9,11-12H,6,10H2,1-2H3. The summed E-state index contributed by atoms with van der Waals surface area (Å²) < 4.78 is 0. The minimum Gasteiger partial charge on any atom is -0.367 e. The van der Waals surface area contributed by atoms with Crippen LogP contribution in [-0.4, -0.2) is 17.6 Å². The molecule has 68 valence electrons. The van der Waals surface area contributed by atoms with Gasteiger partial charge in [-0.3, -0.25) is 0 Å². The molecule has 12 heavy (non-hydrogen) atoms. The molecule has 1 unspecified atom stereocenters. The number of hydrogen-bond donors (Lipinski definition) is 3. The number of nitrogens with two attached hydrogens (primary N) is 1. The lowest BCUT2D eigenvalue weighted by Gasteiger charge is -2.13. The highest BCUT2D eigenvalue weighted by molar-refractivity contribution is 5.13. The monoisotopic (exact) mass is 167 g/mol. The molecule has 1 rings (SSSR count). The van der Waals surface area contributed by atoms with Crippen molar-refractivity contribution in [3.8, 4) is 0 Å². The third-order valence-corrected chi connectivity index (χ3v) is 1.80. The van der Waals surface area contributed by atoms with Crippen molar-refractivity contribution in [2.45, 2.75) is 25.9 Å². The second-order valence-electron chi connectivity index (χ2n) is 3.31. The molecule has 4 N–H and O–H groups in total. The number of aromatic nitrogens is 1. The molecule has 0 saturated carbocycles. The van der Waals surface area contributed by atoms with Crippen LogP contribution in [0.5, 0.6) is 0 Å². The molecule has 0 aliphatic carbocycles. The SMILES string of the molecule is CC(C)NCC(N)c1cc[nH]c1. The van der Waals surface area contributed by atoms with Gasteiger partial charge in [-0.1, -0.05) is 13.8 Å². The van der Waals surface area contributed by atoms with Crippen molar-refractivity contribution in [1.29, 1.82) is 0 Å². The zero-order valence-electron chi connectivity index (χ0n) is 7.67. The van der Waals surface area contributed by atoms with Gasteiger partial charge in [0.15, 0.2) is 0 Å². The summed E-state index contributed by atoms with van der Waals surface area (Å²) in [5, 5.41) is 3.29. The second kappa shape index (κ2) is 4.28. The second-order valence-corrected chi connectivity index (χ2v) is 3.31. The van der Waals surface area contributed by atoms with Gasteiger partial charge in [-0.15, -0.1) is 0 Å². The first-order valence-electron chi connectivity index (χ1n) is 4.32. The predicted molar refractivity (Wildman–Crippen MR) is 50.9 cm³/mol. The van der Waals surface area contributed by atoms with Gasteiger partial charge < -0.3 is 16.0 Å². The average Bonchev–Trinajstić information content (AvgIpc) is 2.51. The molecule has 0 radical (unpaired) electrons. The summed E-state index contributed by atoms with van der Waals surface area (Å²) in [5.41, 5.74) is 7.06. The zero-order chi connectivity index (χ0) is 8.97. The molecule has 0 aromatic carbocycles. The third-order valence-electron chi connectivity index (χ3n) is 1.80. The van der Waals surface area contributed by atoms with Crippen LogP contribution in [0.4, 0.5) is 0 Å². The van der Waals surface area contributed by atoms with Crippen LogP contribution in [0.1, 0.15) is 25.5 Å². The van der Waals surface area contributed by atoms with Crippen LogP contribution in [0.2, 0.25) is 0 Å². The van der Waals surface area contributed by atoms with Gasteiger partial charge >= 0.3 is 0 Å². The Balaban J connectivity index is 2.34. The number of nitrogens with one attached hydrogen (secondary N) is 2. The third kappa shape index (κ3) is 2.68. The van der Waals surface area contributed by atoms with Crippen LogP contribution in [0, 0.1) is 0 Å². The van der Waals surface area contributed by atoms with Gasteiger partial charge in [0.05, 0.1) is 0 Å². The van der Waals surface area contributed by atoms with E-state index in [0.29, 0.717) is 6.04 Å². The van der Waals surface area contributed by atoms with Crippen LogP contribution in [0.15, 0.2) is 18.5 Å². The Bertz CT molecular complexity index is 204. The lowest BCUT2D eigenvalue weighted by atomic mass is 10.1. The van der Waals surface area contributed by atoms with Gasteiger partial charge in [-0.2, -0.15) is 0 Å². The first kappa shape index (κ1) is 9.29. The molecular formula is C9H17N3. The van der Waals surface area contributed by atoms with Crippen molar-refractivity contribution in [2.24, 2.45) is 5.73 Å². The molecule has 3 heteroatoms. The van der Waals surface area contributed by atoms with E-state index in [-0.39, 0.29) is 6.04 Å². The Morgan fingerprint density at radius 2 is 2.33 bits per heavy atom. The maximum absolute atomic E-state index is 5.91. The molecule has 0 spiro atoms. The van der Waals surface area contributed by atoms with E-state index in [1.54, 1.807) is 0 Å². The van der Waals surface area contributed by atoms with Crippen LogP contribution in [0.25, 0.3) is 0 Å². The smallest absolute Gasteiger partial charge is 0.0436 e. The fourth-order valence-electron chi connectivity index (χ4n) is 1.05. The molecule has 1 heterocycles. The van der Waals surface area contributed by atoms with Crippen molar-refractivity contribution >= 4 is 0 Å². The Morgan fingerprint density at radius 1 is 1.58 bits per heavy atom. The van der Waals surface area contributed by atoms with Crippen LogP contribution in [-0.2, 0) is 0 Å². The first-order valence-corrected chi connectivity index (χ1v) is 4.32. The predicted octanol–water partition coefficient (Wildman–Crippen LogP) is 1.01. The van der Waals surface area contributed by atoms with Crippen molar-refractivity contribution in [2.75, 3.05) is 6.54 Å². The summed E-state index contributed by atoms with van der Waals surface area (Å²) in [6.45, 7) is 5.06. The van der Waals surface area contributed by atoms with E-state index in [1.165, 1.54) is 0 Å². The lowest BCUT2D eigenvalue weighted by Crippen LogP contribution is -2.31. The van der Waals surface area contributed by atoms with Gasteiger partial charge in [0.2, 0.25) is 0 Å². The fraction of sp³-hybridized carbons (Fsp3) is 0.556. The number of H-pyrrole nitrogens is 1. The summed E-state index contributed by atoms with van der Waals surface area (Å²) in [6.07, 6.45) is 3.83. The van der Waals surface area contributed by atoms with E-state index in [0.717, 1.165) is 12.1 Å². The van der Waals surface area contributed by atoms with E-state index < -0.39 is 0 Å². The summed E-state index contributed by atoms with van der Waals surface area (Å²) in [4.78, 5) is 2.99. The maximum atomic E-state index is 5.91. The molecule has 0 amide bonds. The Kier molecular flexibility index (Phi) is 3.31. The summed E-state index contributed by atoms with van der Waals surface area (Å²) >= 11 is 0. The highest BCUT2D eigenvalue weighted by Crippen LogP contribution is 2.06. The minimum absolute atomic E-state index is 0.0960. The van der Waals surface area contributed by atoms with Crippen LogP contribution in [0.3, 0.4) is 0 Å². The number of hydrogen-bond acceptors (Lipinski definition) is 2. The van der Waals surface area contributed by atoms with Crippen molar-refractivity contribution in [3.63, 3.8) is 0 Å². The van der Waals surface area contributed by atoms with Gasteiger partial charge in [-0.05, 0) is 11.6 Å². The molecule has 0 aliphatic rings. The van der Waals surface area contributed by atoms with Crippen molar-refractivity contribution < 1.29 is 0 Å². The summed E-state index contributed by atoms with van der Waals surface area (Å²) in [5.74, 6) is 0. The lowest BCUT2D eigenvalue weighted by molar-refractivity contribution is 0.538. The quantitative estimate of drug-likeness (QED) is 0.627. The first-order chi connectivity index (χ1) is 5.70. The van der Waals surface area contributed by atoms with Crippen LogP contribution < -0.4 is 11.1 Å². The normalized spacial score (nSPS) is 13.7. The average molecular weight is 167 g/mol. The molecule has 0 saturated heterocycles. The molecule has 3 nitrogen and oxygen atoms in total. The van der Waals surface area contributed by atoms with E-state index in [1.807, 2.05) is 18.5 Å². The molecule has 1 aromatic rings. The maximum Gasteiger partial charge on any atom is 0.0436 e. The minimum atomic E-state index is 0.0960. The van der Waals surface area contributed by atoms with Crippen LogP contribution >= 0.6 is 0 Å². The van der Waals surface area contributed by atoms with Crippen molar-refractivity contribution in [1.82, 2.24) is 10.3 Å². The Hall–Kier alpha value is -0.800. The van der Waals surface area contributed by atoms with E-state index in [4.69, 9.17) is 5.73 Å². The van der Waals surface area contributed by atoms with Gasteiger partial charge in [0.1, 0.15) is 0 Å². The zero-order valence-corrected chi connectivity index (χ0v) is 7.67. The summed E-state index contributed by atoms with van der Waals surface area (Å²) in [7, 11) is 0. The number of aromatic amines is 1. The molecule has 0 fully saturated rings. The van der Waals surface area contributed by atoms with Crippen molar-refractivity contribution in [3.05, 3.63) is 24.0 Å². The van der Waals surface area contributed by atoms with E-state index >= 15 is 0 Å². The fourth-order valence-corrected chi connectivity index (χ4v) is 1.05. The van der Waals surface area contributed by atoms with Gasteiger partial charge in [0, 0.05) is 31.0 Å². The van der Waals surface area contributed by atoms with Gasteiger partial charge in [-0.25, -0.2) is 0 Å². The molecule has 0 bridgehead atoms. The van der Waals surface area contributed by atoms with E-state index in [9.17, 15) is 0 Å².